The molecule has 2 aromatic carbocycles. The van der Waals surface area contributed by atoms with Crippen LogP contribution in [0.3, 0.4) is 0 Å². The van der Waals surface area contributed by atoms with Gasteiger partial charge in [-0.15, -0.1) is 0 Å². The van der Waals surface area contributed by atoms with E-state index in [1.54, 1.807) is 57.2 Å². The van der Waals surface area contributed by atoms with E-state index >= 15 is 0 Å². The number of hydrogen-bond acceptors (Lipinski definition) is 6. The summed E-state index contributed by atoms with van der Waals surface area (Å²) in [6, 6.07) is 13.7. The number of nitrogens with one attached hydrogen (secondary N) is 1. The van der Waals surface area contributed by atoms with Crippen molar-refractivity contribution in [2.24, 2.45) is 0 Å². The molecule has 0 bridgehead atoms. The lowest BCUT2D eigenvalue weighted by Crippen LogP contribution is -2.41. The Hall–Kier alpha value is -2.36. The monoisotopic (exact) mass is 473 g/mol. The van der Waals surface area contributed by atoms with E-state index in [0.717, 1.165) is 0 Å². The third kappa shape index (κ3) is 5.26. The Morgan fingerprint density at radius 1 is 0.970 bits per heavy atom. The average Bonchev–Trinajstić information content (AvgIpc) is 2.94. The van der Waals surface area contributed by atoms with Crippen molar-refractivity contribution >= 4 is 34.2 Å². The fourth-order valence-electron chi connectivity index (χ4n) is 3.48. The second-order valence-electron chi connectivity index (χ2n) is 9.52. The van der Waals surface area contributed by atoms with E-state index in [1.165, 1.54) is 6.07 Å². The van der Waals surface area contributed by atoms with Crippen LogP contribution in [-0.2, 0) is 23.9 Å². The molecule has 1 aliphatic rings. The SMILES string of the molecule is CC(C)OC(=O)Nc1ccc(B2OC(C)(C)C(C)(C)O2)c(S(=O)(=O)C(C)c2ccccc2)c1. The molecule has 1 saturated heterocycles. The lowest BCUT2D eigenvalue weighted by atomic mass is 9.79. The van der Waals surface area contributed by atoms with Gasteiger partial charge in [0, 0.05) is 11.2 Å². The van der Waals surface area contributed by atoms with Gasteiger partial charge in [0.2, 0.25) is 0 Å². The second kappa shape index (κ2) is 9.12. The molecule has 3 rings (SSSR count). The first kappa shape index (κ1) is 25.3. The summed E-state index contributed by atoms with van der Waals surface area (Å²) in [6.45, 7) is 12.7. The van der Waals surface area contributed by atoms with Crippen LogP contribution < -0.4 is 10.8 Å². The highest BCUT2D eigenvalue weighted by molar-refractivity contribution is 7.92. The molecule has 178 valence electrons. The van der Waals surface area contributed by atoms with Crippen LogP contribution in [0, 0.1) is 0 Å². The van der Waals surface area contributed by atoms with E-state index in [9.17, 15) is 13.2 Å². The first-order valence-electron chi connectivity index (χ1n) is 11.0. The summed E-state index contributed by atoms with van der Waals surface area (Å²) in [5.74, 6) is 0. The lowest BCUT2D eigenvalue weighted by Gasteiger charge is -2.32. The number of hydrogen-bond donors (Lipinski definition) is 1. The molecule has 1 N–H and O–H groups in total. The van der Waals surface area contributed by atoms with Crippen LogP contribution in [0.25, 0.3) is 0 Å². The van der Waals surface area contributed by atoms with Crippen LogP contribution in [0.5, 0.6) is 0 Å². The third-order valence-corrected chi connectivity index (χ3v) is 8.32. The molecule has 0 saturated carbocycles. The van der Waals surface area contributed by atoms with E-state index < -0.39 is 39.5 Å². The molecule has 9 heteroatoms. The van der Waals surface area contributed by atoms with Gasteiger partial charge in [0.1, 0.15) is 0 Å². The van der Waals surface area contributed by atoms with Crippen molar-refractivity contribution in [1.82, 2.24) is 0 Å². The normalized spacial score (nSPS) is 18.2. The van der Waals surface area contributed by atoms with Crippen molar-refractivity contribution in [2.45, 2.75) is 75.9 Å². The zero-order chi connectivity index (χ0) is 24.6. The molecule has 1 amide bonds. The topological polar surface area (TPSA) is 90.9 Å². The molecule has 1 heterocycles. The van der Waals surface area contributed by atoms with Crippen LogP contribution in [0.15, 0.2) is 53.4 Å². The largest absolute Gasteiger partial charge is 0.496 e. The van der Waals surface area contributed by atoms with E-state index in [0.29, 0.717) is 16.7 Å². The van der Waals surface area contributed by atoms with E-state index in [4.69, 9.17) is 14.0 Å². The van der Waals surface area contributed by atoms with Crippen LogP contribution in [0.4, 0.5) is 10.5 Å². The first-order valence-corrected chi connectivity index (χ1v) is 12.6. The molecule has 0 aliphatic carbocycles. The van der Waals surface area contributed by atoms with Gasteiger partial charge >= 0.3 is 13.2 Å². The van der Waals surface area contributed by atoms with Crippen LogP contribution >= 0.6 is 0 Å². The highest BCUT2D eigenvalue weighted by atomic mass is 32.2. The summed E-state index contributed by atoms with van der Waals surface area (Å²) in [5, 5.41) is 1.79. The summed E-state index contributed by atoms with van der Waals surface area (Å²) in [4.78, 5) is 12.2. The molecular formula is C24H32BNO6S. The third-order valence-electron chi connectivity index (χ3n) is 6.15. The second-order valence-corrected chi connectivity index (χ2v) is 11.8. The number of rotatable bonds is 6. The molecular weight excluding hydrogens is 441 g/mol. The number of carbonyl (C=O) groups excluding carboxylic acids is 1. The van der Waals surface area contributed by atoms with Gasteiger partial charge < -0.3 is 14.0 Å². The maximum atomic E-state index is 13.8. The van der Waals surface area contributed by atoms with Crippen molar-refractivity contribution < 1.29 is 27.3 Å². The van der Waals surface area contributed by atoms with E-state index in [1.807, 2.05) is 33.8 Å². The predicted molar refractivity (Wildman–Crippen MR) is 129 cm³/mol. The highest BCUT2D eigenvalue weighted by Gasteiger charge is 2.53. The molecule has 33 heavy (non-hydrogen) atoms. The van der Waals surface area contributed by atoms with Crippen molar-refractivity contribution in [2.75, 3.05) is 5.32 Å². The number of anilines is 1. The molecule has 0 radical (unpaired) electrons. The van der Waals surface area contributed by atoms with Crippen molar-refractivity contribution in [3.05, 3.63) is 54.1 Å². The Balaban J connectivity index is 2.08. The molecule has 1 fully saturated rings. The van der Waals surface area contributed by atoms with Crippen molar-refractivity contribution in [1.29, 1.82) is 0 Å². The number of sulfone groups is 1. The number of ether oxygens (including phenoxy) is 1. The van der Waals surface area contributed by atoms with E-state index in [-0.39, 0.29) is 11.0 Å². The molecule has 0 aromatic heterocycles. The Kier molecular flexibility index (Phi) is 6.98. The summed E-state index contributed by atoms with van der Waals surface area (Å²) in [5.41, 5.74) is 0.0811. The van der Waals surface area contributed by atoms with Crippen LogP contribution in [0.1, 0.15) is 59.3 Å². The Bertz CT molecular complexity index is 1100. The number of amides is 1. The average molecular weight is 473 g/mol. The maximum absolute atomic E-state index is 13.8. The molecule has 7 nitrogen and oxygen atoms in total. The fraction of sp³-hybridized carbons (Fsp3) is 0.458. The Morgan fingerprint density at radius 3 is 2.09 bits per heavy atom. The first-order chi connectivity index (χ1) is 15.2. The quantitative estimate of drug-likeness (QED) is 0.623. The minimum Gasteiger partial charge on any atom is -0.447 e. The van der Waals surface area contributed by atoms with Gasteiger partial charge in [-0.1, -0.05) is 36.4 Å². The summed E-state index contributed by atoms with van der Waals surface area (Å²) in [6.07, 6.45) is -0.969. The van der Waals surface area contributed by atoms with Gasteiger partial charge in [0.15, 0.2) is 9.84 Å². The van der Waals surface area contributed by atoms with Gasteiger partial charge in [0.05, 0.1) is 27.5 Å². The molecule has 1 aliphatic heterocycles. The summed E-state index contributed by atoms with van der Waals surface area (Å²) in [7, 11) is -4.74. The minimum atomic E-state index is -3.87. The molecule has 0 spiro atoms. The highest BCUT2D eigenvalue weighted by Crippen LogP contribution is 2.38. The molecule has 1 atom stereocenters. The van der Waals surface area contributed by atoms with Crippen LogP contribution in [-0.4, -0.2) is 38.9 Å². The van der Waals surface area contributed by atoms with Gasteiger partial charge in [-0.2, -0.15) is 0 Å². The standard InChI is InChI=1S/C24H32BNO6S/c1-16(2)30-22(27)26-19-13-14-20(25-31-23(4,5)24(6,7)32-25)21(15-19)33(28,29)17(3)18-11-9-8-10-12-18/h8-17H,1-7H3,(H,26,27). The summed E-state index contributed by atoms with van der Waals surface area (Å²) >= 11 is 0. The molecule has 2 aromatic rings. The molecule has 1 unspecified atom stereocenters. The Labute approximate surface area is 196 Å². The maximum Gasteiger partial charge on any atom is 0.496 e. The van der Waals surface area contributed by atoms with E-state index in [2.05, 4.69) is 5.32 Å². The number of benzene rings is 2. The van der Waals surface area contributed by atoms with Gasteiger partial charge in [-0.25, -0.2) is 13.2 Å². The lowest BCUT2D eigenvalue weighted by molar-refractivity contribution is 0.00578. The van der Waals surface area contributed by atoms with Crippen LogP contribution in [0.2, 0.25) is 0 Å². The van der Waals surface area contributed by atoms with Crippen molar-refractivity contribution in [3.8, 4) is 0 Å². The summed E-state index contributed by atoms with van der Waals surface area (Å²) < 4.78 is 45.0. The minimum absolute atomic E-state index is 0.0414. The number of carbonyl (C=O) groups is 1. The Morgan fingerprint density at radius 2 is 1.55 bits per heavy atom. The fourth-order valence-corrected chi connectivity index (χ4v) is 5.16. The van der Waals surface area contributed by atoms with Gasteiger partial charge in [-0.3, -0.25) is 5.32 Å². The van der Waals surface area contributed by atoms with Gasteiger partial charge in [-0.05, 0) is 66.2 Å². The zero-order valence-electron chi connectivity index (χ0n) is 20.2. The zero-order valence-corrected chi connectivity index (χ0v) is 21.0. The predicted octanol–water partition coefficient (Wildman–Crippen LogP) is 4.48. The smallest absolute Gasteiger partial charge is 0.447 e. The van der Waals surface area contributed by atoms with Crippen molar-refractivity contribution in [3.63, 3.8) is 0 Å². The van der Waals surface area contributed by atoms with Gasteiger partial charge in [0.25, 0.3) is 0 Å².